The van der Waals surface area contributed by atoms with Crippen molar-refractivity contribution in [1.82, 2.24) is 0 Å². The zero-order valence-corrected chi connectivity index (χ0v) is 8.60. The average molecular weight is 208 g/mol. The number of rotatable bonds is 6. The van der Waals surface area contributed by atoms with Crippen LogP contribution in [-0.2, 0) is 9.53 Å². The molecular formula is C11H14NO3. The average Bonchev–Trinajstić information content (AvgIpc) is 2.18. The highest BCUT2D eigenvalue weighted by molar-refractivity contribution is 5.50. The number of carbonyl (C=O) groups excluding carboxylic acids is 1. The number of nitrogens with two attached hydrogens (primary N) is 1. The van der Waals surface area contributed by atoms with Gasteiger partial charge in [0.2, 0.25) is 6.29 Å². The Labute approximate surface area is 89.0 Å². The maximum atomic E-state index is 10.4. The van der Waals surface area contributed by atoms with E-state index in [2.05, 4.69) is 6.07 Å². The van der Waals surface area contributed by atoms with Gasteiger partial charge in [0, 0.05) is 24.4 Å². The Balaban J connectivity index is 2.60. The molecule has 0 aromatic heterocycles. The van der Waals surface area contributed by atoms with Crippen molar-refractivity contribution in [3.8, 4) is 5.75 Å². The van der Waals surface area contributed by atoms with Crippen LogP contribution in [0.25, 0.3) is 0 Å². The summed E-state index contributed by atoms with van der Waals surface area (Å²) in [7, 11) is 0. The second kappa shape index (κ2) is 6.03. The monoisotopic (exact) mass is 208 g/mol. The summed E-state index contributed by atoms with van der Waals surface area (Å²) in [6, 6.07) is 7.81. The third-order valence-corrected chi connectivity index (χ3v) is 1.70. The normalized spacial score (nSPS) is 12.1. The van der Waals surface area contributed by atoms with Gasteiger partial charge in [0.25, 0.3) is 0 Å². The lowest BCUT2D eigenvalue weighted by Crippen LogP contribution is -2.21. The lowest BCUT2D eigenvalue weighted by Gasteiger charge is -2.16. The van der Waals surface area contributed by atoms with Crippen LogP contribution in [0.1, 0.15) is 13.3 Å². The molecule has 1 radical (unpaired) electrons. The quantitative estimate of drug-likeness (QED) is 0.436. The van der Waals surface area contributed by atoms with Crippen LogP contribution in [0.4, 0.5) is 5.69 Å². The fourth-order valence-corrected chi connectivity index (χ4v) is 1.10. The van der Waals surface area contributed by atoms with E-state index < -0.39 is 6.29 Å². The third kappa shape index (κ3) is 3.99. The SMILES string of the molecule is CCOC(CC=O)Oc1cc[c]c(N)c1. The lowest BCUT2D eigenvalue weighted by molar-refractivity contribution is -0.119. The van der Waals surface area contributed by atoms with E-state index in [9.17, 15) is 4.79 Å². The Kier molecular flexibility index (Phi) is 4.63. The lowest BCUT2D eigenvalue weighted by atomic mass is 10.3. The molecule has 1 aromatic carbocycles. The molecule has 0 aliphatic rings. The number of carbonyl (C=O) groups is 1. The molecule has 1 unspecified atom stereocenters. The highest BCUT2D eigenvalue weighted by Crippen LogP contribution is 2.16. The van der Waals surface area contributed by atoms with E-state index in [1.165, 1.54) is 0 Å². The first-order valence-electron chi connectivity index (χ1n) is 4.75. The van der Waals surface area contributed by atoms with E-state index in [1.54, 1.807) is 18.2 Å². The van der Waals surface area contributed by atoms with E-state index >= 15 is 0 Å². The zero-order chi connectivity index (χ0) is 11.1. The second-order valence-electron chi connectivity index (χ2n) is 2.88. The molecule has 1 aromatic rings. The molecule has 15 heavy (non-hydrogen) atoms. The Bertz CT molecular complexity index is 314. The summed E-state index contributed by atoms with van der Waals surface area (Å²) < 4.78 is 10.6. The fourth-order valence-electron chi connectivity index (χ4n) is 1.10. The molecule has 81 valence electrons. The first-order valence-corrected chi connectivity index (χ1v) is 4.75. The minimum absolute atomic E-state index is 0.201. The van der Waals surface area contributed by atoms with Crippen molar-refractivity contribution < 1.29 is 14.3 Å². The maximum absolute atomic E-state index is 10.4. The Hall–Kier alpha value is -1.55. The van der Waals surface area contributed by atoms with Crippen molar-refractivity contribution in [2.45, 2.75) is 19.6 Å². The summed E-state index contributed by atoms with van der Waals surface area (Å²) in [5, 5.41) is 0. The summed E-state index contributed by atoms with van der Waals surface area (Å²) in [6.45, 7) is 2.33. The van der Waals surface area contributed by atoms with Crippen LogP contribution in [0, 0.1) is 6.07 Å². The number of ether oxygens (including phenoxy) is 2. The van der Waals surface area contributed by atoms with Gasteiger partial charge in [-0.2, -0.15) is 0 Å². The molecule has 1 atom stereocenters. The number of hydrogen-bond donors (Lipinski definition) is 1. The molecule has 4 heteroatoms. The topological polar surface area (TPSA) is 61.5 Å². The van der Waals surface area contributed by atoms with Gasteiger partial charge in [-0.3, -0.25) is 0 Å². The second-order valence-corrected chi connectivity index (χ2v) is 2.88. The van der Waals surface area contributed by atoms with Crippen molar-refractivity contribution >= 4 is 12.0 Å². The fraction of sp³-hybridized carbons (Fsp3) is 0.364. The van der Waals surface area contributed by atoms with Crippen LogP contribution < -0.4 is 10.5 Å². The van der Waals surface area contributed by atoms with Gasteiger partial charge in [-0.05, 0) is 19.1 Å². The molecule has 1 rings (SSSR count). The predicted octanol–water partition coefficient (Wildman–Crippen LogP) is 1.40. The van der Waals surface area contributed by atoms with E-state index in [-0.39, 0.29) is 6.42 Å². The van der Waals surface area contributed by atoms with Gasteiger partial charge in [0.05, 0.1) is 6.42 Å². The van der Waals surface area contributed by atoms with Crippen molar-refractivity contribution in [3.05, 3.63) is 24.3 Å². The smallest absolute Gasteiger partial charge is 0.206 e. The van der Waals surface area contributed by atoms with Gasteiger partial charge in [-0.15, -0.1) is 0 Å². The maximum Gasteiger partial charge on any atom is 0.206 e. The Morgan fingerprint density at radius 2 is 2.47 bits per heavy atom. The highest BCUT2D eigenvalue weighted by atomic mass is 16.7. The third-order valence-electron chi connectivity index (χ3n) is 1.70. The number of benzene rings is 1. The molecule has 0 heterocycles. The molecule has 0 fully saturated rings. The van der Waals surface area contributed by atoms with Crippen molar-refractivity contribution in [2.24, 2.45) is 0 Å². The molecule has 4 nitrogen and oxygen atoms in total. The summed E-state index contributed by atoms with van der Waals surface area (Å²) in [6.07, 6.45) is 0.416. The molecule has 0 spiro atoms. The number of aldehydes is 1. The van der Waals surface area contributed by atoms with Gasteiger partial charge in [0.15, 0.2) is 0 Å². The van der Waals surface area contributed by atoms with Gasteiger partial charge >= 0.3 is 0 Å². The first-order chi connectivity index (χ1) is 7.26. The van der Waals surface area contributed by atoms with Crippen LogP contribution in [-0.4, -0.2) is 19.2 Å². The molecule has 0 bridgehead atoms. The Morgan fingerprint density at radius 1 is 1.67 bits per heavy atom. The summed E-state index contributed by atoms with van der Waals surface area (Å²) in [5.41, 5.74) is 6.03. The van der Waals surface area contributed by atoms with Crippen LogP contribution in [0.15, 0.2) is 18.2 Å². The van der Waals surface area contributed by atoms with Gasteiger partial charge in [-0.25, -0.2) is 0 Å². The molecule has 0 saturated carbocycles. The number of anilines is 1. The minimum Gasteiger partial charge on any atom is -0.464 e. The molecule has 0 amide bonds. The van der Waals surface area contributed by atoms with Crippen molar-refractivity contribution in [1.29, 1.82) is 0 Å². The van der Waals surface area contributed by atoms with Crippen LogP contribution >= 0.6 is 0 Å². The van der Waals surface area contributed by atoms with Gasteiger partial charge in [-0.1, -0.05) is 0 Å². The van der Waals surface area contributed by atoms with Gasteiger partial charge in [0.1, 0.15) is 12.0 Å². The summed E-state index contributed by atoms with van der Waals surface area (Å²) >= 11 is 0. The minimum atomic E-state index is -0.547. The van der Waals surface area contributed by atoms with E-state index in [0.29, 0.717) is 18.0 Å². The van der Waals surface area contributed by atoms with Crippen LogP contribution in [0.2, 0.25) is 0 Å². The summed E-state index contributed by atoms with van der Waals surface area (Å²) in [4.78, 5) is 10.4. The van der Waals surface area contributed by atoms with E-state index in [0.717, 1.165) is 6.29 Å². The number of nitrogen functional groups attached to an aromatic ring is 1. The highest BCUT2D eigenvalue weighted by Gasteiger charge is 2.09. The number of hydrogen-bond acceptors (Lipinski definition) is 4. The Morgan fingerprint density at radius 3 is 3.07 bits per heavy atom. The van der Waals surface area contributed by atoms with Gasteiger partial charge < -0.3 is 20.0 Å². The molecule has 0 aliphatic heterocycles. The molecule has 2 N–H and O–H groups in total. The van der Waals surface area contributed by atoms with Crippen LogP contribution in [0.3, 0.4) is 0 Å². The largest absolute Gasteiger partial charge is 0.464 e. The van der Waals surface area contributed by atoms with Crippen molar-refractivity contribution in [2.75, 3.05) is 12.3 Å². The first kappa shape index (κ1) is 11.5. The van der Waals surface area contributed by atoms with E-state index in [1.807, 2.05) is 6.92 Å². The molecule has 0 aliphatic carbocycles. The predicted molar refractivity (Wildman–Crippen MR) is 56.4 cm³/mol. The molecular weight excluding hydrogens is 194 g/mol. The molecule has 0 saturated heterocycles. The van der Waals surface area contributed by atoms with Crippen molar-refractivity contribution in [3.63, 3.8) is 0 Å². The zero-order valence-electron chi connectivity index (χ0n) is 8.60. The standard InChI is InChI=1S/C11H14NO3/c1-2-14-11(6-7-13)15-10-5-3-4-9(12)8-10/h3,5,7-8,11H,2,6,12H2,1H3. The van der Waals surface area contributed by atoms with Crippen LogP contribution in [0.5, 0.6) is 5.75 Å². The summed E-state index contributed by atoms with van der Waals surface area (Å²) in [5.74, 6) is 0.576. The van der Waals surface area contributed by atoms with E-state index in [4.69, 9.17) is 15.2 Å².